The molecule has 0 radical (unpaired) electrons. The summed E-state index contributed by atoms with van der Waals surface area (Å²) in [6.07, 6.45) is 0. The lowest BCUT2D eigenvalue weighted by Gasteiger charge is -2.16. The molecule has 4 nitrogen and oxygen atoms in total. The van der Waals surface area contributed by atoms with Crippen molar-refractivity contribution in [1.82, 2.24) is 9.97 Å². The Morgan fingerprint density at radius 3 is 2.20 bits per heavy atom. The summed E-state index contributed by atoms with van der Waals surface area (Å²) in [6, 6.07) is 18.8. The standard InChI is InChI=1S/C21H24N4/c1-14-10-15(2)12-19(11-14)24-20-13-16(3)22-21(25-20)23-17(4)18-8-6-5-7-9-18/h5-13,17H,1-4H3,(H2,22,23,24,25). The van der Waals surface area contributed by atoms with Crippen molar-refractivity contribution in [3.05, 3.63) is 77.0 Å². The Balaban J connectivity index is 1.80. The molecule has 0 aliphatic heterocycles. The molecule has 3 rings (SSSR count). The average molecular weight is 332 g/mol. The zero-order chi connectivity index (χ0) is 17.8. The molecule has 0 saturated heterocycles. The van der Waals surface area contributed by atoms with Gasteiger partial charge in [0.2, 0.25) is 5.95 Å². The molecule has 2 aromatic carbocycles. The molecule has 1 aromatic heterocycles. The molecule has 25 heavy (non-hydrogen) atoms. The Bertz CT molecular complexity index is 839. The lowest BCUT2D eigenvalue weighted by atomic mass is 10.1. The first-order valence-corrected chi connectivity index (χ1v) is 8.52. The maximum atomic E-state index is 4.62. The summed E-state index contributed by atoms with van der Waals surface area (Å²) in [5.74, 6) is 1.42. The van der Waals surface area contributed by atoms with Gasteiger partial charge >= 0.3 is 0 Å². The van der Waals surface area contributed by atoms with E-state index in [2.05, 4.69) is 71.7 Å². The number of anilines is 3. The third kappa shape index (κ3) is 4.57. The molecule has 4 heteroatoms. The quantitative estimate of drug-likeness (QED) is 0.664. The number of nitrogens with zero attached hydrogens (tertiary/aromatic N) is 2. The van der Waals surface area contributed by atoms with E-state index in [1.54, 1.807) is 0 Å². The van der Waals surface area contributed by atoms with Gasteiger partial charge in [0, 0.05) is 17.4 Å². The van der Waals surface area contributed by atoms with E-state index >= 15 is 0 Å². The highest BCUT2D eigenvalue weighted by atomic mass is 15.2. The summed E-state index contributed by atoms with van der Waals surface area (Å²) in [5, 5.41) is 6.77. The molecule has 1 unspecified atom stereocenters. The largest absolute Gasteiger partial charge is 0.348 e. The summed E-state index contributed by atoms with van der Waals surface area (Å²) in [6.45, 7) is 8.28. The van der Waals surface area contributed by atoms with E-state index < -0.39 is 0 Å². The molecule has 1 heterocycles. The zero-order valence-electron chi connectivity index (χ0n) is 15.2. The van der Waals surface area contributed by atoms with Crippen LogP contribution in [0.1, 0.15) is 35.3 Å². The van der Waals surface area contributed by atoms with Gasteiger partial charge in [0.1, 0.15) is 5.82 Å². The molecule has 0 aliphatic rings. The fraction of sp³-hybridized carbons (Fsp3) is 0.238. The topological polar surface area (TPSA) is 49.8 Å². The van der Waals surface area contributed by atoms with Crippen molar-refractivity contribution in [1.29, 1.82) is 0 Å². The molecule has 128 valence electrons. The van der Waals surface area contributed by atoms with E-state index in [1.807, 2.05) is 31.2 Å². The lowest BCUT2D eigenvalue weighted by molar-refractivity contribution is 0.858. The van der Waals surface area contributed by atoms with E-state index in [0.717, 1.165) is 17.2 Å². The van der Waals surface area contributed by atoms with Crippen LogP contribution in [-0.2, 0) is 0 Å². The van der Waals surface area contributed by atoms with Crippen molar-refractivity contribution in [2.75, 3.05) is 10.6 Å². The van der Waals surface area contributed by atoms with Gasteiger partial charge < -0.3 is 10.6 Å². The molecule has 0 amide bonds. The highest BCUT2D eigenvalue weighted by Gasteiger charge is 2.09. The van der Waals surface area contributed by atoms with Crippen LogP contribution in [0, 0.1) is 20.8 Å². The Labute approximate surface area is 149 Å². The van der Waals surface area contributed by atoms with Gasteiger partial charge in [-0.05, 0) is 56.5 Å². The first kappa shape index (κ1) is 17.0. The third-order valence-electron chi connectivity index (χ3n) is 3.99. The Morgan fingerprint density at radius 1 is 0.840 bits per heavy atom. The maximum Gasteiger partial charge on any atom is 0.225 e. The minimum Gasteiger partial charge on any atom is -0.348 e. The second kappa shape index (κ2) is 7.34. The molecule has 1 atom stereocenters. The van der Waals surface area contributed by atoms with Crippen molar-refractivity contribution in [3.63, 3.8) is 0 Å². The molecule has 2 N–H and O–H groups in total. The number of hydrogen-bond donors (Lipinski definition) is 2. The number of benzene rings is 2. The monoisotopic (exact) mass is 332 g/mol. The normalized spacial score (nSPS) is 11.8. The predicted octanol–water partition coefficient (Wildman–Crippen LogP) is 5.32. The molecular weight excluding hydrogens is 308 g/mol. The first-order chi connectivity index (χ1) is 12.0. The van der Waals surface area contributed by atoms with Crippen LogP contribution >= 0.6 is 0 Å². The van der Waals surface area contributed by atoms with Crippen LogP contribution in [0.15, 0.2) is 54.6 Å². The van der Waals surface area contributed by atoms with E-state index in [1.165, 1.54) is 16.7 Å². The summed E-state index contributed by atoms with van der Waals surface area (Å²) in [5.41, 5.74) is 5.62. The number of aromatic nitrogens is 2. The van der Waals surface area contributed by atoms with Crippen molar-refractivity contribution >= 4 is 17.5 Å². The zero-order valence-corrected chi connectivity index (χ0v) is 15.2. The van der Waals surface area contributed by atoms with E-state index in [0.29, 0.717) is 5.95 Å². The van der Waals surface area contributed by atoms with E-state index in [4.69, 9.17) is 0 Å². The fourth-order valence-electron chi connectivity index (χ4n) is 2.91. The van der Waals surface area contributed by atoms with Gasteiger partial charge in [-0.15, -0.1) is 0 Å². The second-order valence-electron chi connectivity index (χ2n) is 6.50. The summed E-state index contributed by atoms with van der Waals surface area (Å²) in [7, 11) is 0. The number of rotatable bonds is 5. The van der Waals surface area contributed by atoms with Crippen LogP contribution in [0.25, 0.3) is 0 Å². The Hall–Kier alpha value is -2.88. The van der Waals surface area contributed by atoms with Gasteiger partial charge in [-0.1, -0.05) is 36.4 Å². The van der Waals surface area contributed by atoms with Crippen LogP contribution in [0.2, 0.25) is 0 Å². The van der Waals surface area contributed by atoms with Gasteiger partial charge in [-0.2, -0.15) is 4.98 Å². The molecule has 0 saturated carbocycles. The molecule has 0 fully saturated rings. The van der Waals surface area contributed by atoms with Crippen molar-refractivity contribution in [3.8, 4) is 0 Å². The molecule has 0 spiro atoms. The van der Waals surface area contributed by atoms with Gasteiger partial charge in [0.15, 0.2) is 0 Å². The highest BCUT2D eigenvalue weighted by Crippen LogP contribution is 2.21. The van der Waals surface area contributed by atoms with E-state index in [9.17, 15) is 0 Å². The minimum absolute atomic E-state index is 0.136. The summed E-state index contributed by atoms with van der Waals surface area (Å²) in [4.78, 5) is 9.13. The Morgan fingerprint density at radius 2 is 1.52 bits per heavy atom. The first-order valence-electron chi connectivity index (χ1n) is 8.52. The van der Waals surface area contributed by atoms with Crippen molar-refractivity contribution in [2.45, 2.75) is 33.7 Å². The molecular formula is C21H24N4. The minimum atomic E-state index is 0.136. The number of aryl methyl sites for hydroxylation is 3. The molecule has 3 aromatic rings. The van der Waals surface area contributed by atoms with Crippen LogP contribution in [0.4, 0.5) is 17.5 Å². The van der Waals surface area contributed by atoms with E-state index in [-0.39, 0.29) is 6.04 Å². The van der Waals surface area contributed by atoms with Crippen LogP contribution in [0.5, 0.6) is 0 Å². The van der Waals surface area contributed by atoms with Crippen LogP contribution < -0.4 is 10.6 Å². The summed E-state index contributed by atoms with van der Waals surface area (Å²) >= 11 is 0. The van der Waals surface area contributed by atoms with Crippen molar-refractivity contribution in [2.24, 2.45) is 0 Å². The van der Waals surface area contributed by atoms with Crippen molar-refractivity contribution < 1.29 is 0 Å². The van der Waals surface area contributed by atoms with Gasteiger partial charge in [-0.3, -0.25) is 0 Å². The lowest BCUT2D eigenvalue weighted by Crippen LogP contribution is -2.10. The average Bonchev–Trinajstić information content (AvgIpc) is 2.54. The number of nitrogens with one attached hydrogen (secondary N) is 2. The van der Waals surface area contributed by atoms with Gasteiger partial charge in [-0.25, -0.2) is 4.98 Å². The smallest absolute Gasteiger partial charge is 0.225 e. The highest BCUT2D eigenvalue weighted by molar-refractivity contribution is 5.59. The Kier molecular flexibility index (Phi) is 4.98. The summed E-state index contributed by atoms with van der Waals surface area (Å²) < 4.78 is 0. The fourth-order valence-corrected chi connectivity index (χ4v) is 2.91. The molecule has 0 bridgehead atoms. The van der Waals surface area contributed by atoms with Crippen LogP contribution in [-0.4, -0.2) is 9.97 Å². The SMILES string of the molecule is Cc1cc(C)cc(Nc2cc(C)nc(NC(C)c3ccccc3)n2)c1. The van der Waals surface area contributed by atoms with Gasteiger partial charge in [0.25, 0.3) is 0 Å². The molecule has 0 aliphatic carbocycles. The van der Waals surface area contributed by atoms with Crippen LogP contribution in [0.3, 0.4) is 0 Å². The third-order valence-corrected chi connectivity index (χ3v) is 3.99. The number of hydrogen-bond acceptors (Lipinski definition) is 4. The predicted molar refractivity (Wildman–Crippen MR) is 104 cm³/mol. The van der Waals surface area contributed by atoms with Gasteiger partial charge in [0.05, 0.1) is 6.04 Å². The second-order valence-corrected chi connectivity index (χ2v) is 6.50. The maximum absolute atomic E-state index is 4.62.